The van der Waals surface area contributed by atoms with Gasteiger partial charge in [-0.1, -0.05) is 30.3 Å². The highest BCUT2D eigenvalue weighted by Gasteiger charge is 2.20. The number of nitrogens with one attached hydrogen (secondary N) is 1. The molecule has 0 fully saturated rings. The van der Waals surface area contributed by atoms with Gasteiger partial charge in [-0.15, -0.1) is 0 Å². The summed E-state index contributed by atoms with van der Waals surface area (Å²) in [5.74, 6) is 0.740. The summed E-state index contributed by atoms with van der Waals surface area (Å²) in [6.07, 6.45) is 0.189. The maximum atomic E-state index is 10.6. The molecular formula is C15H13N3O3. The fourth-order valence-corrected chi connectivity index (χ4v) is 2.09. The lowest BCUT2D eigenvalue weighted by Gasteiger charge is -2.05. The SMILES string of the molecule is O=[N+]([O-])c1ccc(C2N=C(Cc3ccccc3)NO2)cc1. The van der Waals surface area contributed by atoms with E-state index >= 15 is 0 Å². The standard InChI is InChI=1S/C15H13N3O3/c19-18(20)13-8-6-12(7-9-13)15-16-14(17-21-15)10-11-4-2-1-3-5-11/h1-9,15H,10H2,(H,16,17). The van der Waals surface area contributed by atoms with Crippen molar-refractivity contribution in [1.29, 1.82) is 0 Å². The Hall–Kier alpha value is -2.73. The lowest BCUT2D eigenvalue weighted by Crippen LogP contribution is -2.19. The summed E-state index contributed by atoms with van der Waals surface area (Å²) in [5.41, 5.74) is 4.77. The number of amidine groups is 1. The summed E-state index contributed by atoms with van der Waals surface area (Å²) < 4.78 is 0. The molecule has 0 bridgehead atoms. The van der Waals surface area contributed by atoms with Crippen molar-refractivity contribution < 1.29 is 9.76 Å². The van der Waals surface area contributed by atoms with Crippen molar-refractivity contribution in [2.45, 2.75) is 12.6 Å². The summed E-state index contributed by atoms with van der Waals surface area (Å²) in [4.78, 5) is 20.0. The van der Waals surface area contributed by atoms with Gasteiger partial charge in [-0.2, -0.15) is 0 Å². The van der Waals surface area contributed by atoms with Gasteiger partial charge in [0.05, 0.1) is 4.92 Å². The zero-order chi connectivity index (χ0) is 14.7. The molecule has 1 heterocycles. The van der Waals surface area contributed by atoms with Crippen molar-refractivity contribution in [3.63, 3.8) is 0 Å². The van der Waals surface area contributed by atoms with Crippen LogP contribution in [0, 0.1) is 10.1 Å². The van der Waals surface area contributed by atoms with Crippen LogP contribution in [0.25, 0.3) is 0 Å². The smallest absolute Gasteiger partial charge is 0.258 e. The first-order valence-corrected chi connectivity index (χ1v) is 6.49. The number of non-ortho nitro benzene ring substituents is 1. The molecule has 1 unspecified atom stereocenters. The first-order chi connectivity index (χ1) is 10.2. The van der Waals surface area contributed by atoms with Crippen LogP contribution >= 0.6 is 0 Å². The van der Waals surface area contributed by atoms with Gasteiger partial charge in [-0.05, 0) is 17.7 Å². The molecule has 0 saturated heterocycles. The normalized spacial score (nSPS) is 17.1. The van der Waals surface area contributed by atoms with Crippen LogP contribution in [0.4, 0.5) is 5.69 Å². The Bertz CT molecular complexity index is 668. The number of rotatable bonds is 4. The van der Waals surface area contributed by atoms with E-state index in [0.717, 1.165) is 17.0 Å². The van der Waals surface area contributed by atoms with Gasteiger partial charge in [0.25, 0.3) is 5.69 Å². The molecule has 3 rings (SSSR count). The van der Waals surface area contributed by atoms with Crippen LogP contribution in [0.3, 0.4) is 0 Å². The number of nitrogens with zero attached hydrogens (tertiary/aromatic N) is 2. The Morgan fingerprint density at radius 2 is 1.86 bits per heavy atom. The molecule has 6 heteroatoms. The summed E-state index contributed by atoms with van der Waals surface area (Å²) in [6, 6.07) is 16.1. The number of aliphatic imine (C=N–C) groups is 1. The summed E-state index contributed by atoms with van der Waals surface area (Å²) in [7, 11) is 0. The van der Waals surface area contributed by atoms with Crippen LogP contribution in [0.15, 0.2) is 59.6 Å². The molecule has 1 aliphatic rings. The van der Waals surface area contributed by atoms with Gasteiger partial charge in [0.15, 0.2) is 0 Å². The second kappa shape index (κ2) is 5.72. The van der Waals surface area contributed by atoms with E-state index in [0.29, 0.717) is 6.42 Å². The van der Waals surface area contributed by atoms with Gasteiger partial charge in [0.2, 0.25) is 6.23 Å². The number of benzene rings is 2. The zero-order valence-electron chi connectivity index (χ0n) is 11.1. The zero-order valence-corrected chi connectivity index (χ0v) is 11.1. The third-order valence-corrected chi connectivity index (χ3v) is 3.16. The van der Waals surface area contributed by atoms with Crippen molar-refractivity contribution >= 4 is 11.5 Å². The maximum absolute atomic E-state index is 10.6. The first-order valence-electron chi connectivity index (χ1n) is 6.49. The lowest BCUT2D eigenvalue weighted by molar-refractivity contribution is -0.384. The largest absolute Gasteiger partial charge is 0.269 e. The quantitative estimate of drug-likeness (QED) is 0.691. The lowest BCUT2D eigenvalue weighted by atomic mass is 10.1. The second-order valence-corrected chi connectivity index (χ2v) is 4.66. The average Bonchev–Trinajstić information content (AvgIpc) is 2.97. The second-order valence-electron chi connectivity index (χ2n) is 4.66. The minimum absolute atomic E-state index is 0.0539. The van der Waals surface area contributed by atoms with Crippen LogP contribution in [-0.4, -0.2) is 10.8 Å². The topological polar surface area (TPSA) is 76.8 Å². The van der Waals surface area contributed by atoms with E-state index in [9.17, 15) is 10.1 Å². The predicted octanol–water partition coefficient (Wildman–Crippen LogP) is 2.77. The molecule has 0 amide bonds. The van der Waals surface area contributed by atoms with Crippen LogP contribution in [0.5, 0.6) is 0 Å². The Morgan fingerprint density at radius 1 is 1.14 bits per heavy atom. The average molecular weight is 283 g/mol. The van der Waals surface area contributed by atoms with Gasteiger partial charge < -0.3 is 0 Å². The van der Waals surface area contributed by atoms with Crippen molar-refractivity contribution in [2.75, 3.05) is 0 Å². The molecule has 1 atom stereocenters. The third kappa shape index (κ3) is 3.06. The molecular weight excluding hydrogens is 270 g/mol. The third-order valence-electron chi connectivity index (χ3n) is 3.16. The van der Waals surface area contributed by atoms with Gasteiger partial charge in [0, 0.05) is 24.1 Å². The maximum Gasteiger partial charge on any atom is 0.269 e. The van der Waals surface area contributed by atoms with Crippen LogP contribution in [-0.2, 0) is 11.3 Å². The molecule has 0 saturated carbocycles. The highest BCUT2D eigenvalue weighted by Crippen LogP contribution is 2.24. The van der Waals surface area contributed by atoms with Gasteiger partial charge in [0.1, 0.15) is 5.84 Å². The van der Waals surface area contributed by atoms with Crippen molar-refractivity contribution in [1.82, 2.24) is 5.48 Å². The van der Waals surface area contributed by atoms with Crippen molar-refractivity contribution in [2.24, 2.45) is 4.99 Å². The first kappa shape index (κ1) is 13.3. The monoisotopic (exact) mass is 283 g/mol. The molecule has 1 aliphatic heterocycles. The number of hydrogen-bond acceptors (Lipinski definition) is 5. The van der Waals surface area contributed by atoms with E-state index in [1.165, 1.54) is 12.1 Å². The predicted molar refractivity (Wildman–Crippen MR) is 77.6 cm³/mol. The fraction of sp³-hybridized carbons (Fsp3) is 0.133. The Morgan fingerprint density at radius 3 is 2.52 bits per heavy atom. The summed E-state index contributed by atoms with van der Waals surface area (Å²) in [6.45, 7) is 0. The Balaban J connectivity index is 1.71. The minimum Gasteiger partial charge on any atom is -0.258 e. The number of hydroxylamine groups is 1. The van der Waals surface area contributed by atoms with Gasteiger partial charge in [-0.25, -0.2) is 9.83 Å². The van der Waals surface area contributed by atoms with E-state index in [1.807, 2.05) is 30.3 Å². The molecule has 2 aromatic carbocycles. The summed E-state index contributed by atoms with van der Waals surface area (Å²) >= 11 is 0. The van der Waals surface area contributed by atoms with Crippen LogP contribution < -0.4 is 5.48 Å². The molecule has 21 heavy (non-hydrogen) atoms. The summed E-state index contributed by atoms with van der Waals surface area (Å²) in [5, 5.41) is 10.6. The number of nitro groups is 1. The number of nitro benzene ring substituents is 1. The Kier molecular flexibility index (Phi) is 3.61. The van der Waals surface area contributed by atoms with E-state index in [-0.39, 0.29) is 5.69 Å². The van der Waals surface area contributed by atoms with Gasteiger partial charge in [-0.3, -0.25) is 15.6 Å². The highest BCUT2D eigenvalue weighted by molar-refractivity contribution is 5.84. The molecule has 0 spiro atoms. The van der Waals surface area contributed by atoms with Crippen molar-refractivity contribution in [3.8, 4) is 0 Å². The fourth-order valence-electron chi connectivity index (χ4n) is 2.09. The van der Waals surface area contributed by atoms with Crippen LogP contribution in [0.2, 0.25) is 0 Å². The van der Waals surface area contributed by atoms with E-state index in [4.69, 9.17) is 4.84 Å². The van der Waals surface area contributed by atoms with Gasteiger partial charge >= 0.3 is 0 Å². The molecule has 0 aromatic heterocycles. The number of hydrogen-bond donors (Lipinski definition) is 1. The van der Waals surface area contributed by atoms with E-state index in [1.54, 1.807) is 12.1 Å². The Labute approximate surface area is 121 Å². The molecule has 2 aromatic rings. The molecule has 0 aliphatic carbocycles. The molecule has 6 nitrogen and oxygen atoms in total. The molecule has 0 radical (unpaired) electrons. The highest BCUT2D eigenvalue weighted by atomic mass is 16.7. The van der Waals surface area contributed by atoms with Crippen LogP contribution in [0.1, 0.15) is 17.4 Å². The minimum atomic E-state index is -0.468. The van der Waals surface area contributed by atoms with E-state index < -0.39 is 11.2 Å². The molecule has 1 N–H and O–H groups in total. The van der Waals surface area contributed by atoms with Crippen molar-refractivity contribution in [3.05, 3.63) is 75.8 Å². The van der Waals surface area contributed by atoms with E-state index in [2.05, 4.69) is 10.5 Å². The molecule has 106 valence electrons.